The van der Waals surface area contributed by atoms with Gasteiger partial charge in [-0.3, -0.25) is 14.5 Å². The molecule has 166 valence electrons. The van der Waals surface area contributed by atoms with Crippen LogP contribution in [0.15, 0.2) is 24.8 Å². The molecule has 0 spiro atoms. The molecule has 2 atom stereocenters. The number of hydrogen-bond donors (Lipinski definition) is 2. The van der Waals surface area contributed by atoms with E-state index in [4.69, 9.17) is 0 Å². The van der Waals surface area contributed by atoms with Gasteiger partial charge in [-0.25, -0.2) is 9.37 Å². The first-order chi connectivity index (χ1) is 14.7. The van der Waals surface area contributed by atoms with Crippen LogP contribution in [0.2, 0.25) is 0 Å². The summed E-state index contributed by atoms with van der Waals surface area (Å²) in [6.45, 7) is 10.6. The van der Waals surface area contributed by atoms with Crippen molar-refractivity contribution in [1.82, 2.24) is 25.1 Å². The molecular formula is C23H30FN5O2. The molecule has 7 nitrogen and oxygen atoms in total. The molecule has 0 fully saturated rings. The second-order valence-electron chi connectivity index (χ2n) is 8.36. The van der Waals surface area contributed by atoms with E-state index in [2.05, 4.69) is 34.0 Å². The lowest BCUT2D eigenvalue weighted by Crippen LogP contribution is -2.49. The molecule has 1 unspecified atom stereocenters. The lowest BCUT2D eigenvalue weighted by atomic mass is 10.0. The number of imidazole rings is 1. The predicted molar refractivity (Wildman–Crippen MR) is 119 cm³/mol. The highest BCUT2D eigenvalue weighted by atomic mass is 19.1. The van der Waals surface area contributed by atoms with Gasteiger partial charge in [0.05, 0.1) is 5.69 Å². The maximum Gasteiger partial charge on any atom is 0.272 e. The molecular weight excluding hydrogens is 397 g/mol. The Morgan fingerprint density at radius 2 is 2.06 bits per heavy atom. The van der Waals surface area contributed by atoms with Crippen LogP contribution in [0.1, 0.15) is 42.5 Å². The van der Waals surface area contributed by atoms with Crippen molar-refractivity contribution in [3.8, 4) is 11.4 Å². The molecule has 0 saturated heterocycles. The highest BCUT2D eigenvalue weighted by Crippen LogP contribution is 2.29. The van der Waals surface area contributed by atoms with Gasteiger partial charge in [0.25, 0.3) is 5.91 Å². The van der Waals surface area contributed by atoms with E-state index in [0.29, 0.717) is 30.0 Å². The molecule has 2 aromatic rings. The lowest BCUT2D eigenvalue weighted by molar-refractivity contribution is -0.123. The number of nitrogens with zero attached hydrogens (tertiary/aromatic N) is 3. The molecule has 0 radical (unpaired) electrons. The Kier molecular flexibility index (Phi) is 6.59. The number of nitrogens with one attached hydrogen (secondary N) is 2. The van der Waals surface area contributed by atoms with Gasteiger partial charge in [0, 0.05) is 37.3 Å². The monoisotopic (exact) mass is 427 g/mol. The van der Waals surface area contributed by atoms with Crippen LogP contribution in [0.3, 0.4) is 0 Å². The fourth-order valence-corrected chi connectivity index (χ4v) is 3.77. The summed E-state index contributed by atoms with van der Waals surface area (Å²) in [5.41, 5.74) is 2.01. The Labute approximate surface area is 182 Å². The van der Waals surface area contributed by atoms with Crippen molar-refractivity contribution >= 4 is 17.9 Å². The molecule has 0 bridgehead atoms. The van der Waals surface area contributed by atoms with Crippen LogP contribution in [0.5, 0.6) is 0 Å². The number of likely N-dealkylation sites (N-methyl/N-ethyl adjacent to an activating group) is 2. The van der Waals surface area contributed by atoms with Gasteiger partial charge in [-0.2, -0.15) is 0 Å². The summed E-state index contributed by atoms with van der Waals surface area (Å²) in [5, 5.41) is 5.41. The van der Waals surface area contributed by atoms with Gasteiger partial charge >= 0.3 is 0 Å². The van der Waals surface area contributed by atoms with Crippen molar-refractivity contribution in [2.24, 2.45) is 5.92 Å². The molecule has 2 amide bonds. The molecule has 2 heterocycles. The largest absolute Gasteiger partial charge is 0.357 e. The van der Waals surface area contributed by atoms with E-state index in [1.807, 2.05) is 25.5 Å². The van der Waals surface area contributed by atoms with E-state index < -0.39 is 17.8 Å². The van der Waals surface area contributed by atoms with Gasteiger partial charge < -0.3 is 15.2 Å². The van der Waals surface area contributed by atoms with Crippen molar-refractivity contribution in [3.63, 3.8) is 0 Å². The summed E-state index contributed by atoms with van der Waals surface area (Å²) in [7, 11) is 3.53. The SMILES string of the molecule is C=Cc1ccc(-c2nc(C(=O)N[C@H](C(=O)NC)C(C)C)c3n2CC(C)N(C)C3)cc1F. The zero-order valence-electron chi connectivity index (χ0n) is 18.7. The molecule has 0 saturated carbocycles. The third-order valence-electron chi connectivity index (χ3n) is 5.85. The average molecular weight is 428 g/mol. The number of fused-ring (bicyclic) bond motifs is 1. The molecule has 8 heteroatoms. The minimum atomic E-state index is -0.678. The van der Waals surface area contributed by atoms with Crippen LogP contribution in [-0.2, 0) is 17.9 Å². The second kappa shape index (κ2) is 9.01. The van der Waals surface area contributed by atoms with Crippen LogP contribution in [-0.4, -0.2) is 52.4 Å². The molecule has 1 aromatic heterocycles. The quantitative estimate of drug-likeness (QED) is 0.743. The average Bonchev–Trinajstić information content (AvgIpc) is 3.09. The van der Waals surface area contributed by atoms with Gasteiger partial charge in [0.15, 0.2) is 5.69 Å². The van der Waals surface area contributed by atoms with Crippen molar-refractivity contribution in [1.29, 1.82) is 0 Å². The number of rotatable bonds is 6. The van der Waals surface area contributed by atoms with Gasteiger partial charge in [-0.1, -0.05) is 38.6 Å². The van der Waals surface area contributed by atoms with E-state index in [-0.39, 0.29) is 23.6 Å². The predicted octanol–water partition coefficient (Wildman–Crippen LogP) is 2.67. The number of amides is 2. The number of aromatic nitrogens is 2. The van der Waals surface area contributed by atoms with E-state index >= 15 is 0 Å². The normalized spacial score (nSPS) is 17.2. The number of halogens is 1. The fourth-order valence-electron chi connectivity index (χ4n) is 3.77. The first kappa shape index (κ1) is 22.7. The summed E-state index contributed by atoms with van der Waals surface area (Å²) < 4.78 is 16.4. The molecule has 1 aromatic carbocycles. The number of carbonyl (C=O) groups excluding carboxylic acids is 2. The summed E-state index contributed by atoms with van der Waals surface area (Å²) in [6, 6.07) is 4.39. The van der Waals surface area contributed by atoms with Crippen LogP contribution in [0.4, 0.5) is 4.39 Å². The van der Waals surface area contributed by atoms with Crippen molar-refractivity contribution < 1.29 is 14.0 Å². The summed E-state index contributed by atoms with van der Waals surface area (Å²) in [4.78, 5) is 32.2. The number of benzene rings is 1. The number of hydrogen-bond acceptors (Lipinski definition) is 4. The van der Waals surface area contributed by atoms with Crippen molar-refractivity contribution in [2.75, 3.05) is 14.1 Å². The maximum atomic E-state index is 14.4. The van der Waals surface area contributed by atoms with Crippen LogP contribution >= 0.6 is 0 Å². The molecule has 3 rings (SSSR count). The minimum Gasteiger partial charge on any atom is -0.357 e. The summed E-state index contributed by atoms with van der Waals surface area (Å²) >= 11 is 0. The van der Waals surface area contributed by atoms with E-state index in [1.165, 1.54) is 19.2 Å². The highest BCUT2D eigenvalue weighted by Gasteiger charge is 2.32. The van der Waals surface area contributed by atoms with Crippen molar-refractivity contribution in [2.45, 2.75) is 45.9 Å². The second-order valence-corrected chi connectivity index (χ2v) is 8.36. The molecule has 31 heavy (non-hydrogen) atoms. The Morgan fingerprint density at radius 1 is 1.35 bits per heavy atom. The first-order valence-electron chi connectivity index (χ1n) is 10.4. The Morgan fingerprint density at radius 3 is 2.65 bits per heavy atom. The van der Waals surface area contributed by atoms with E-state index in [1.54, 1.807) is 12.1 Å². The lowest BCUT2D eigenvalue weighted by Gasteiger charge is -2.32. The zero-order chi connectivity index (χ0) is 22.9. The summed E-state index contributed by atoms with van der Waals surface area (Å²) in [5.74, 6) is -0.620. The smallest absolute Gasteiger partial charge is 0.272 e. The van der Waals surface area contributed by atoms with Crippen LogP contribution < -0.4 is 10.6 Å². The Bertz CT molecular complexity index is 1010. The third kappa shape index (κ3) is 4.39. The molecule has 1 aliphatic heterocycles. The first-order valence-corrected chi connectivity index (χ1v) is 10.4. The number of carbonyl (C=O) groups is 2. The Hall–Kier alpha value is -3.00. The molecule has 1 aliphatic rings. The van der Waals surface area contributed by atoms with E-state index in [9.17, 15) is 14.0 Å². The highest BCUT2D eigenvalue weighted by molar-refractivity contribution is 5.97. The van der Waals surface area contributed by atoms with Crippen molar-refractivity contribution in [3.05, 3.63) is 47.5 Å². The minimum absolute atomic E-state index is 0.0925. The standard InChI is InChI=1S/C23H30FN5O2/c1-7-15-8-9-16(10-17(15)24)21-26-20(18-12-28(6)14(4)11-29(18)21)23(31)27-19(13(2)3)22(30)25-5/h7-10,13-14,19H,1,11-12H2,2-6H3,(H,25,30)(H,27,31)/t14?,19-/m0/s1. The zero-order valence-corrected chi connectivity index (χ0v) is 18.7. The Balaban J connectivity index is 2.06. The van der Waals surface area contributed by atoms with E-state index in [0.717, 1.165) is 5.69 Å². The van der Waals surface area contributed by atoms with Gasteiger partial charge in [-0.05, 0) is 26.0 Å². The molecule has 0 aliphatic carbocycles. The van der Waals surface area contributed by atoms with Gasteiger partial charge in [0.1, 0.15) is 17.7 Å². The summed E-state index contributed by atoms with van der Waals surface area (Å²) in [6.07, 6.45) is 1.46. The van der Waals surface area contributed by atoms with Gasteiger partial charge in [0.2, 0.25) is 5.91 Å². The fraction of sp³-hybridized carbons (Fsp3) is 0.435. The molecule has 2 N–H and O–H groups in total. The van der Waals surface area contributed by atoms with Gasteiger partial charge in [-0.15, -0.1) is 0 Å². The third-order valence-corrected chi connectivity index (χ3v) is 5.85. The maximum absolute atomic E-state index is 14.4. The van der Waals surface area contributed by atoms with Crippen LogP contribution in [0, 0.1) is 11.7 Å². The topological polar surface area (TPSA) is 79.3 Å². The van der Waals surface area contributed by atoms with Crippen LogP contribution in [0.25, 0.3) is 17.5 Å².